The molecule has 1 nitrogen and oxygen atoms in total. The Morgan fingerprint density at radius 1 is 0.407 bits per heavy atom. The van der Waals surface area contributed by atoms with Crippen LogP contribution in [0.25, 0.3) is 0 Å². The zero-order valence-electron chi connectivity index (χ0n) is 18.6. The summed E-state index contributed by atoms with van der Waals surface area (Å²) in [7, 11) is 0. The molecular formula is C26H50O. The Kier molecular flexibility index (Phi) is 24.9. The van der Waals surface area contributed by atoms with E-state index < -0.39 is 0 Å². The molecule has 0 amide bonds. The van der Waals surface area contributed by atoms with Crippen molar-refractivity contribution < 1.29 is 5.11 Å². The van der Waals surface area contributed by atoms with Crippen molar-refractivity contribution in [2.75, 3.05) is 6.61 Å². The topological polar surface area (TPSA) is 20.2 Å². The van der Waals surface area contributed by atoms with Crippen molar-refractivity contribution in [3.63, 3.8) is 0 Å². The Bertz CT molecular complexity index is 305. The highest BCUT2D eigenvalue weighted by molar-refractivity contribution is 4.81. The lowest BCUT2D eigenvalue weighted by atomic mass is 10.1. The van der Waals surface area contributed by atoms with Gasteiger partial charge in [0.25, 0.3) is 0 Å². The van der Waals surface area contributed by atoms with E-state index in [2.05, 4.69) is 31.2 Å². The van der Waals surface area contributed by atoms with Gasteiger partial charge in [-0.25, -0.2) is 0 Å². The Labute approximate surface area is 171 Å². The van der Waals surface area contributed by atoms with Gasteiger partial charge in [-0.3, -0.25) is 0 Å². The van der Waals surface area contributed by atoms with E-state index in [4.69, 9.17) is 5.11 Å². The summed E-state index contributed by atoms with van der Waals surface area (Å²) in [6, 6.07) is 0. The SMILES string of the molecule is CCC=CCCCCCCCCCC=CCCCCCCCCCCCO. The molecule has 0 rings (SSSR count). The van der Waals surface area contributed by atoms with Crippen molar-refractivity contribution in [1.29, 1.82) is 0 Å². The number of aliphatic hydroxyl groups is 1. The largest absolute Gasteiger partial charge is 0.396 e. The van der Waals surface area contributed by atoms with Gasteiger partial charge in [0.2, 0.25) is 0 Å². The highest BCUT2D eigenvalue weighted by Crippen LogP contribution is 2.12. The summed E-state index contributed by atoms with van der Waals surface area (Å²) in [6.45, 7) is 2.57. The molecule has 0 heterocycles. The smallest absolute Gasteiger partial charge is 0.0431 e. The first kappa shape index (κ1) is 26.4. The molecule has 1 N–H and O–H groups in total. The molecule has 0 fully saturated rings. The van der Waals surface area contributed by atoms with E-state index in [-0.39, 0.29) is 0 Å². The van der Waals surface area contributed by atoms with Crippen molar-refractivity contribution in [3.8, 4) is 0 Å². The molecule has 0 aliphatic heterocycles. The number of hydrogen-bond donors (Lipinski definition) is 1. The Balaban J connectivity index is 3.08. The van der Waals surface area contributed by atoms with Crippen LogP contribution in [0.15, 0.2) is 24.3 Å². The van der Waals surface area contributed by atoms with Gasteiger partial charge in [0.15, 0.2) is 0 Å². The minimum absolute atomic E-state index is 0.366. The van der Waals surface area contributed by atoms with E-state index in [1.54, 1.807) is 0 Å². The zero-order valence-corrected chi connectivity index (χ0v) is 18.6. The summed E-state index contributed by atoms with van der Waals surface area (Å²) < 4.78 is 0. The molecule has 0 saturated heterocycles. The molecule has 0 aliphatic rings. The normalized spacial score (nSPS) is 11.9. The molecular weight excluding hydrogens is 328 g/mol. The first-order valence-electron chi connectivity index (χ1n) is 12.3. The summed E-state index contributed by atoms with van der Waals surface area (Å²) in [5.41, 5.74) is 0. The molecule has 0 unspecified atom stereocenters. The lowest BCUT2D eigenvalue weighted by molar-refractivity contribution is 0.282. The first-order chi connectivity index (χ1) is 13.4. The van der Waals surface area contributed by atoms with Crippen molar-refractivity contribution in [2.45, 2.75) is 135 Å². The van der Waals surface area contributed by atoms with Crippen LogP contribution in [0, 0.1) is 0 Å². The van der Waals surface area contributed by atoms with Crippen LogP contribution < -0.4 is 0 Å². The van der Waals surface area contributed by atoms with E-state index in [0.717, 1.165) is 6.42 Å². The summed E-state index contributed by atoms with van der Waals surface area (Å²) in [5, 5.41) is 8.73. The quantitative estimate of drug-likeness (QED) is 0.147. The molecule has 0 radical (unpaired) electrons. The van der Waals surface area contributed by atoms with Crippen LogP contribution in [0.2, 0.25) is 0 Å². The van der Waals surface area contributed by atoms with Gasteiger partial charge in [-0.2, -0.15) is 0 Å². The van der Waals surface area contributed by atoms with Crippen LogP contribution in [-0.2, 0) is 0 Å². The number of allylic oxidation sites excluding steroid dienone is 4. The molecule has 0 spiro atoms. The lowest BCUT2D eigenvalue weighted by Crippen LogP contribution is -1.84. The number of aliphatic hydroxyl groups excluding tert-OH is 1. The van der Waals surface area contributed by atoms with E-state index in [1.165, 1.54) is 122 Å². The second kappa shape index (κ2) is 25.4. The third-order valence-electron chi connectivity index (χ3n) is 5.34. The molecule has 160 valence electrons. The van der Waals surface area contributed by atoms with Gasteiger partial charge in [0.05, 0.1) is 0 Å². The van der Waals surface area contributed by atoms with Crippen LogP contribution in [0.3, 0.4) is 0 Å². The average molecular weight is 379 g/mol. The van der Waals surface area contributed by atoms with Crippen molar-refractivity contribution in [1.82, 2.24) is 0 Å². The summed E-state index contributed by atoms with van der Waals surface area (Å²) >= 11 is 0. The molecule has 0 aromatic carbocycles. The Morgan fingerprint density at radius 3 is 1.04 bits per heavy atom. The Morgan fingerprint density at radius 2 is 0.704 bits per heavy atom. The van der Waals surface area contributed by atoms with Crippen LogP contribution >= 0.6 is 0 Å². The minimum Gasteiger partial charge on any atom is -0.396 e. The third kappa shape index (κ3) is 25.4. The molecule has 0 bridgehead atoms. The van der Waals surface area contributed by atoms with Gasteiger partial charge in [0.1, 0.15) is 0 Å². The van der Waals surface area contributed by atoms with Gasteiger partial charge in [-0.05, 0) is 51.4 Å². The number of hydrogen-bond acceptors (Lipinski definition) is 1. The van der Waals surface area contributed by atoms with E-state index in [1.807, 2.05) is 0 Å². The van der Waals surface area contributed by atoms with Gasteiger partial charge in [-0.1, -0.05) is 108 Å². The van der Waals surface area contributed by atoms with Crippen LogP contribution in [0.5, 0.6) is 0 Å². The van der Waals surface area contributed by atoms with Gasteiger partial charge < -0.3 is 5.11 Å². The fourth-order valence-corrected chi connectivity index (χ4v) is 3.54. The van der Waals surface area contributed by atoms with Crippen molar-refractivity contribution in [3.05, 3.63) is 24.3 Å². The maximum Gasteiger partial charge on any atom is 0.0431 e. The van der Waals surface area contributed by atoms with Crippen LogP contribution in [0.1, 0.15) is 135 Å². The Hall–Kier alpha value is -0.560. The molecule has 0 aliphatic carbocycles. The van der Waals surface area contributed by atoms with Crippen LogP contribution in [-0.4, -0.2) is 11.7 Å². The maximum atomic E-state index is 8.73. The van der Waals surface area contributed by atoms with Crippen molar-refractivity contribution in [2.24, 2.45) is 0 Å². The van der Waals surface area contributed by atoms with Crippen LogP contribution in [0.4, 0.5) is 0 Å². The minimum atomic E-state index is 0.366. The summed E-state index contributed by atoms with van der Waals surface area (Å²) in [5.74, 6) is 0. The summed E-state index contributed by atoms with van der Waals surface area (Å²) in [4.78, 5) is 0. The predicted octanol–water partition coefficient (Wildman–Crippen LogP) is 8.91. The molecule has 1 heteroatoms. The van der Waals surface area contributed by atoms with Gasteiger partial charge in [0, 0.05) is 6.61 Å². The average Bonchev–Trinajstić information content (AvgIpc) is 2.68. The van der Waals surface area contributed by atoms with E-state index in [9.17, 15) is 0 Å². The van der Waals surface area contributed by atoms with Crippen molar-refractivity contribution >= 4 is 0 Å². The monoisotopic (exact) mass is 378 g/mol. The molecule has 0 saturated carbocycles. The molecule has 27 heavy (non-hydrogen) atoms. The number of unbranched alkanes of at least 4 members (excludes halogenated alkanes) is 17. The zero-order chi connectivity index (χ0) is 19.7. The second-order valence-corrected chi connectivity index (χ2v) is 8.10. The fraction of sp³-hybridized carbons (Fsp3) is 0.846. The molecule has 0 atom stereocenters. The lowest BCUT2D eigenvalue weighted by Gasteiger charge is -2.01. The second-order valence-electron chi connectivity index (χ2n) is 8.10. The highest BCUT2D eigenvalue weighted by Gasteiger charge is 1.93. The predicted molar refractivity (Wildman–Crippen MR) is 123 cm³/mol. The van der Waals surface area contributed by atoms with Gasteiger partial charge in [-0.15, -0.1) is 0 Å². The molecule has 0 aromatic rings. The fourth-order valence-electron chi connectivity index (χ4n) is 3.54. The number of rotatable bonds is 22. The van der Waals surface area contributed by atoms with E-state index in [0.29, 0.717) is 6.61 Å². The van der Waals surface area contributed by atoms with E-state index >= 15 is 0 Å². The maximum absolute atomic E-state index is 8.73. The summed E-state index contributed by atoms with van der Waals surface area (Å²) in [6.07, 6.45) is 36.2. The molecule has 0 aromatic heterocycles. The standard InChI is InChI=1S/C26H50O/c1-2-3-4-5-6-7-8-9-10-11-12-13-14-15-16-17-18-19-20-21-22-23-24-25-26-27/h3-4,14-15,27H,2,5-13,16-26H2,1H3. The highest BCUT2D eigenvalue weighted by atomic mass is 16.2. The van der Waals surface area contributed by atoms with Gasteiger partial charge >= 0.3 is 0 Å². The first-order valence-corrected chi connectivity index (χ1v) is 12.3. The third-order valence-corrected chi connectivity index (χ3v) is 5.34.